The van der Waals surface area contributed by atoms with Crippen molar-refractivity contribution in [3.63, 3.8) is 0 Å². The maximum absolute atomic E-state index is 4.68. The summed E-state index contributed by atoms with van der Waals surface area (Å²) in [5.41, 5.74) is 4.41. The molecule has 2 atom stereocenters. The number of fused-ring (bicyclic) bond motifs is 1. The van der Waals surface area contributed by atoms with Crippen molar-refractivity contribution in [2.24, 2.45) is 25.4 Å². The zero-order valence-electron chi connectivity index (χ0n) is 17.2. The molecule has 0 saturated heterocycles. The van der Waals surface area contributed by atoms with Crippen molar-refractivity contribution in [1.29, 1.82) is 0 Å². The van der Waals surface area contributed by atoms with Crippen LogP contribution in [-0.4, -0.2) is 15.8 Å². The molecular weight excluding hydrogens is 410 g/mol. The van der Waals surface area contributed by atoms with Crippen LogP contribution in [0.1, 0.15) is 37.8 Å². The fourth-order valence-corrected chi connectivity index (χ4v) is 5.55. The minimum atomic E-state index is 0.108. The number of nitrogens with zero attached hydrogens (tertiary/aromatic N) is 5. The van der Waals surface area contributed by atoms with Gasteiger partial charge in [0.05, 0.1) is 16.6 Å². The number of benzene rings is 2. The fraction of sp³-hybridized carbons (Fsp3) is 0.348. The molecule has 2 heterocycles. The third kappa shape index (κ3) is 5.46. The van der Waals surface area contributed by atoms with Crippen LogP contribution in [0.4, 0.5) is 11.4 Å². The van der Waals surface area contributed by atoms with Gasteiger partial charge in [-0.15, -0.1) is 15.3 Å². The van der Waals surface area contributed by atoms with Crippen molar-refractivity contribution < 1.29 is 0 Å². The Labute approximate surface area is 186 Å². The SMILES string of the molecule is CCCc1ccc(N=NC2=CC3SC(N=Nc4ccc(CCC)cc4)=NC3S2)cc1. The van der Waals surface area contributed by atoms with Gasteiger partial charge in [0.1, 0.15) is 10.4 Å². The predicted molar refractivity (Wildman–Crippen MR) is 128 cm³/mol. The average Bonchev–Trinajstić information content (AvgIpc) is 3.32. The van der Waals surface area contributed by atoms with Crippen LogP contribution in [-0.2, 0) is 12.8 Å². The van der Waals surface area contributed by atoms with Gasteiger partial charge >= 0.3 is 0 Å². The number of rotatable bonds is 7. The van der Waals surface area contributed by atoms with Crippen molar-refractivity contribution >= 4 is 40.1 Å². The molecule has 0 bridgehead atoms. The van der Waals surface area contributed by atoms with Crippen LogP contribution in [0.2, 0.25) is 0 Å². The highest BCUT2D eigenvalue weighted by molar-refractivity contribution is 8.16. The largest absolute Gasteiger partial charge is 0.243 e. The second-order valence-electron chi connectivity index (χ2n) is 7.24. The number of aryl methyl sites for hydroxylation is 2. The molecule has 2 aliphatic rings. The minimum Gasteiger partial charge on any atom is -0.243 e. The Morgan fingerprint density at radius 3 is 1.83 bits per heavy atom. The lowest BCUT2D eigenvalue weighted by Crippen LogP contribution is -2.03. The van der Waals surface area contributed by atoms with Gasteiger partial charge in [-0.25, -0.2) is 4.99 Å². The maximum Gasteiger partial charge on any atom is 0.206 e. The third-order valence-corrected chi connectivity index (χ3v) is 7.11. The molecule has 7 heteroatoms. The Hall–Kier alpha value is -2.25. The molecule has 4 rings (SSSR count). The summed E-state index contributed by atoms with van der Waals surface area (Å²) in [5, 5.41) is 19.4. The first-order valence-electron chi connectivity index (χ1n) is 10.4. The first-order chi connectivity index (χ1) is 14.7. The van der Waals surface area contributed by atoms with E-state index in [4.69, 9.17) is 0 Å². The number of thioether (sulfide) groups is 2. The number of hydrogen-bond donors (Lipinski definition) is 0. The van der Waals surface area contributed by atoms with Crippen molar-refractivity contribution in [3.8, 4) is 0 Å². The van der Waals surface area contributed by atoms with Gasteiger partial charge in [-0.2, -0.15) is 5.11 Å². The van der Waals surface area contributed by atoms with E-state index < -0.39 is 0 Å². The molecule has 2 aromatic rings. The normalized spacial score (nSPS) is 20.7. The van der Waals surface area contributed by atoms with E-state index in [-0.39, 0.29) is 10.6 Å². The highest BCUT2D eigenvalue weighted by atomic mass is 32.2. The first-order valence-corrected chi connectivity index (χ1v) is 12.1. The highest BCUT2D eigenvalue weighted by Crippen LogP contribution is 2.45. The van der Waals surface area contributed by atoms with Crippen LogP contribution in [0.15, 0.2) is 85.1 Å². The Kier molecular flexibility index (Phi) is 7.12. The summed E-state index contributed by atoms with van der Waals surface area (Å²) >= 11 is 3.27. The molecule has 0 radical (unpaired) electrons. The standard InChI is InChI=1S/C23H25N5S2/c1-3-5-16-7-11-18(12-8-16)25-27-21-15-20-22(30-21)24-23(29-20)28-26-19-13-9-17(6-4-2)10-14-19/h7-15,20,22H,3-6H2,1-2H3. The van der Waals surface area contributed by atoms with E-state index >= 15 is 0 Å². The van der Waals surface area contributed by atoms with E-state index in [9.17, 15) is 0 Å². The highest BCUT2D eigenvalue weighted by Gasteiger charge is 2.35. The smallest absolute Gasteiger partial charge is 0.206 e. The molecule has 0 fully saturated rings. The molecule has 0 saturated carbocycles. The lowest BCUT2D eigenvalue weighted by atomic mass is 10.1. The summed E-state index contributed by atoms with van der Waals surface area (Å²) in [6.45, 7) is 4.37. The molecule has 2 aromatic carbocycles. The van der Waals surface area contributed by atoms with Crippen molar-refractivity contribution in [2.75, 3.05) is 0 Å². The molecule has 0 amide bonds. The van der Waals surface area contributed by atoms with Gasteiger partial charge in [0, 0.05) is 0 Å². The van der Waals surface area contributed by atoms with Gasteiger partial charge in [0.15, 0.2) is 0 Å². The van der Waals surface area contributed by atoms with Gasteiger partial charge in [-0.1, -0.05) is 74.5 Å². The summed E-state index contributed by atoms with van der Waals surface area (Å²) in [5.74, 6) is 0. The maximum atomic E-state index is 4.68. The van der Waals surface area contributed by atoms with Gasteiger partial charge in [0.2, 0.25) is 5.17 Å². The topological polar surface area (TPSA) is 61.8 Å². The Bertz CT molecular complexity index is 896. The van der Waals surface area contributed by atoms with Crippen molar-refractivity contribution in [2.45, 2.75) is 50.2 Å². The molecule has 0 aromatic heterocycles. The summed E-state index contributed by atoms with van der Waals surface area (Å²) in [4.78, 5) is 4.68. The molecule has 154 valence electrons. The van der Waals surface area contributed by atoms with E-state index in [1.165, 1.54) is 11.1 Å². The number of azo groups is 2. The summed E-state index contributed by atoms with van der Waals surface area (Å²) in [6.07, 6.45) is 6.62. The van der Waals surface area contributed by atoms with Crippen LogP contribution in [0.3, 0.4) is 0 Å². The molecular formula is C23H25N5S2. The van der Waals surface area contributed by atoms with E-state index in [2.05, 4.69) is 69.6 Å². The molecule has 0 aliphatic carbocycles. The minimum absolute atomic E-state index is 0.108. The first kappa shape index (κ1) is 21.0. The van der Waals surface area contributed by atoms with Crippen LogP contribution in [0, 0.1) is 0 Å². The monoisotopic (exact) mass is 435 g/mol. The van der Waals surface area contributed by atoms with Crippen LogP contribution in [0.25, 0.3) is 0 Å². The third-order valence-electron chi connectivity index (χ3n) is 4.77. The van der Waals surface area contributed by atoms with Gasteiger partial charge in [0.25, 0.3) is 0 Å². The van der Waals surface area contributed by atoms with Crippen molar-refractivity contribution in [1.82, 2.24) is 0 Å². The van der Waals surface area contributed by atoms with Gasteiger partial charge < -0.3 is 0 Å². The summed E-state index contributed by atoms with van der Waals surface area (Å²) in [6, 6.07) is 16.5. The molecule has 0 spiro atoms. The molecule has 5 nitrogen and oxygen atoms in total. The Morgan fingerprint density at radius 2 is 1.30 bits per heavy atom. The Balaban J connectivity index is 1.31. The summed E-state index contributed by atoms with van der Waals surface area (Å²) < 4.78 is 0. The van der Waals surface area contributed by atoms with Crippen molar-refractivity contribution in [3.05, 3.63) is 70.8 Å². The van der Waals surface area contributed by atoms with E-state index in [0.29, 0.717) is 0 Å². The van der Waals surface area contributed by atoms with E-state index in [0.717, 1.165) is 47.3 Å². The molecule has 2 unspecified atom stereocenters. The molecule has 0 N–H and O–H groups in total. The van der Waals surface area contributed by atoms with Crippen LogP contribution >= 0.6 is 23.5 Å². The van der Waals surface area contributed by atoms with E-state index in [1.807, 2.05) is 24.3 Å². The lowest BCUT2D eigenvalue weighted by Gasteiger charge is -2.00. The summed E-state index contributed by atoms with van der Waals surface area (Å²) in [7, 11) is 0. The van der Waals surface area contributed by atoms with Crippen LogP contribution in [0.5, 0.6) is 0 Å². The zero-order valence-corrected chi connectivity index (χ0v) is 18.9. The predicted octanol–water partition coefficient (Wildman–Crippen LogP) is 7.84. The van der Waals surface area contributed by atoms with E-state index in [1.54, 1.807) is 23.5 Å². The number of hydrogen-bond acceptors (Lipinski definition) is 7. The molecule has 30 heavy (non-hydrogen) atoms. The average molecular weight is 436 g/mol. The Morgan fingerprint density at radius 1 is 0.733 bits per heavy atom. The second kappa shape index (κ2) is 10.2. The van der Waals surface area contributed by atoms with Crippen LogP contribution < -0.4 is 0 Å². The zero-order chi connectivity index (χ0) is 20.8. The number of amidine groups is 1. The van der Waals surface area contributed by atoms with Gasteiger partial charge in [-0.3, -0.25) is 0 Å². The van der Waals surface area contributed by atoms with Gasteiger partial charge in [-0.05, 0) is 54.3 Å². The second-order valence-corrected chi connectivity index (χ2v) is 9.52. The quantitative estimate of drug-likeness (QED) is 0.416. The number of aliphatic imine (C=N–C) groups is 1. The molecule has 2 aliphatic heterocycles. The fourth-order valence-electron chi connectivity index (χ4n) is 3.26. The lowest BCUT2D eigenvalue weighted by molar-refractivity contribution is 0.921.